The predicted molar refractivity (Wildman–Crippen MR) is 105 cm³/mol. The first-order valence-electron chi connectivity index (χ1n) is 9.80. The van der Waals surface area contributed by atoms with Crippen molar-refractivity contribution in [1.29, 1.82) is 0 Å². The van der Waals surface area contributed by atoms with Crippen molar-refractivity contribution in [2.45, 2.75) is 32.4 Å². The van der Waals surface area contributed by atoms with E-state index in [9.17, 15) is 0 Å². The van der Waals surface area contributed by atoms with Crippen LogP contribution in [0.4, 0.5) is 11.8 Å². The zero-order chi connectivity index (χ0) is 18.6. The van der Waals surface area contributed by atoms with Gasteiger partial charge in [0, 0.05) is 56.7 Å². The van der Waals surface area contributed by atoms with Crippen molar-refractivity contribution in [2.24, 2.45) is 0 Å². The molecule has 8 heteroatoms. The van der Waals surface area contributed by atoms with Gasteiger partial charge in [0.15, 0.2) is 0 Å². The highest BCUT2D eigenvalue weighted by Gasteiger charge is 2.25. The van der Waals surface area contributed by atoms with Gasteiger partial charge < -0.3 is 14.5 Å². The molecular formula is C19H29N7O. The number of likely N-dealkylation sites (tertiary alicyclic amines) is 1. The molecule has 0 saturated carbocycles. The second-order valence-electron chi connectivity index (χ2n) is 7.48. The Kier molecular flexibility index (Phi) is 5.54. The lowest BCUT2D eigenvalue weighted by atomic mass is 10.0. The van der Waals surface area contributed by atoms with Crippen molar-refractivity contribution in [3.05, 3.63) is 29.7 Å². The van der Waals surface area contributed by atoms with Gasteiger partial charge in [-0.3, -0.25) is 10.00 Å². The summed E-state index contributed by atoms with van der Waals surface area (Å²) in [7, 11) is 2.16. The van der Waals surface area contributed by atoms with Crippen molar-refractivity contribution in [3.63, 3.8) is 0 Å². The molecule has 0 aliphatic carbocycles. The molecule has 0 amide bonds. The summed E-state index contributed by atoms with van der Waals surface area (Å²) >= 11 is 0. The number of piperidine rings is 1. The Morgan fingerprint density at radius 2 is 2.15 bits per heavy atom. The first-order chi connectivity index (χ1) is 13.2. The van der Waals surface area contributed by atoms with Gasteiger partial charge in [-0.1, -0.05) is 0 Å². The van der Waals surface area contributed by atoms with Crippen LogP contribution >= 0.6 is 0 Å². The first-order valence-corrected chi connectivity index (χ1v) is 9.80. The summed E-state index contributed by atoms with van der Waals surface area (Å²) < 4.78 is 5.44. The average Bonchev–Trinajstić information content (AvgIpc) is 3.13. The highest BCUT2D eigenvalue weighted by atomic mass is 16.5. The summed E-state index contributed by atoms with van der Waals surface area (Å²) in [6.07, 6.45) is 6.21. The highest BCUT2D eigenvalue weighted by molar-refractivity contribution is 5.44. The number of nitrogens with zero attached hydrogens (tertiary/aromatic N) is 6. The lowest BCUT2D eigenvalue weighted by Gasteiger charge is -2.38. The van der Waals surface area contributed by atoms with Crippen LogP contribution in [0.5, 0.6) is 0 Å². The van der Waals surface area contributed by atoms with Crippen LogP contribution in [-0.2, 0) is 11.3 Å². The van der Waals surface area contributed by atoms with Crippen LogP contribution in [0.3, 0.4) is 0 Å². The van der Waals surface area contributed by atoms with Gasteiger partial charge in [0.1, 0.15) is 5.82 Å². The lowest BCUT2D eigenvalue weighted by Crippen LogP contribution is -2.46. The number of nitrogens with one attached hydrogen (secondary N) is 1. The molecule has 1 N–H and O–H groups in total. The third-order valence-electron chi connectivity index (χ3n) is 5.64. The number of H-pyrrole nitrogens is 1. The smallest absolute Gasteiger partial charge is 0.227 e. The number of aryl methyl sites for hydroxylation is 1. The summed E-state index contributed by atoms with van der Waals surface area (Å²) in [5.74, 6) is 1.81. The first kappa shape index (κ1) is 18.2. The molecule has 8 nitrogen and oxygen atoms in total. The molecule has 0 spiro atoms. The molecule has 2 fully saturated rings. The standard InChI is InChI=1S/C19H29N7O/c1-15-16(12-21-23-15)13-25-7-3-4-17(14-25)24(2)18-5-6-20-19(22-18)26-8-10-27-11-9-26/h5-6,12,17H,3-4,7-11,13-14H2,1-2H3,(H,21,23). The van der Waals surface area contributed by atoms with Crippen LogP contribution in [-0.4, -0.2) is 77.5 Å². The lowest BCUT2D eigenvalue weighted by molar-refractivity contribution is 0.122. The molecule has 2 aliphatic rings. The van der Waals surface area contributed by atoms with Crippen LogP contribution in [0, 0.1) is 6.92 Å². The van der Waals surface area contributed by atoms with Gasteiger partial charge in [-0.05, 0) is 32.4 Å². The molecule has 2 aromatic heterocycles. The molecule has 146 valence electrons. The Bertz CT molecular complexity index is 743. The number of anilines is 2. The summed E-state index contributed by atoms with van der Waals surface area (Å²) in [6.45, 7) is 8.42. The number of rotatable bonds is 5. The van der Waals surface area contributed by atoms with E-state index in [1.807, 2.05) is 18.5 Å². The van der Waals surface area contributed by atoms with E-state index in [-0.39, 0.29) is 0 Å². The monoisotopic (exact) mass is 371 g/mol. The summed E-state index contributed by atoms with van der Waals surface area (Å²) in [5.41, 5.74) is 2.45. The van der Waals surface area contributed by atoms with Gasteiger partial charge in [-0.15, -0.1) is 0 Å². The molecule has 2 aromatic rings. The van der Waals surface area contributed by atoms with Crippen molar-refractivity contribution in [1.82, 2.24) is 25.1 Å². The fourth-order valence-corrected chi connectivity index (χ4v) is 3.91. The third-order valence-corrected chi connectivity index (χ3v) is 5.64. The zero-order valence-electron chi connectivity index (χ0n) is 16.3. The Labute approximate surface area is 160 Å². The SMILES string of the molecule is Cc1[nH]ncc1CN1CCCC(N(C)c2ccnc(N3CCOCC3)n2)C1. The predicted octanol–water partition coefficient (Wildman–Crippen LogP) is 1.45. The molecule has 2 aliphatic heterocycles. The zero-order valence-corrected chi connectivity index (χ0v) is 16.3. The van der Waals surface area contributed by atoms with E-state index >= 15 is 0 Å². The second-order valence-corrected chi connectivity index (χ2v) is 7.48. The van der Waals surface area contributed by atoms with Gasteiger partial charge in [0.25, 0.3) is 0 Å². The van der Waals surface area contributed by atoms with E-state index in [2.05, 4.69) is 43.9 Å². The number of likely N-dealkylation sites (N-methyl/N-ethyl adjacent to an activating group) is 1. The van der Waals surface area contributed by atoms with E-state index in [4.69, 9.17) is 9.72 Å². The van der Waals surface area contributed by atoms with Gasteiger partial charge in [0.2, 0.25) is 5.95 Å². The number of ether oxygens (including phenoxy) is 1. The molecular weight excluding hydrogens is 342 g/mol. The summed E-state index contributed by atoms with van der Waals surface area (Å²) in [6, 6.07) is 2.47. The van der Waals surface area contributed by atoms with Gasteiger partial charge >= 0.3 is 0 Å². The largest absolute Gasteiger partial charge is 0.378 e. The number of aromatic nitrogens is 4. The molecule has 4 rings (SSSR count). The van der Waals surface area contributed by atoms with Crippen molar-refractivity contribution < 1.29 is 4.74 Å². The summed E-state index contributed by atoms with van der Waals surface area (Å²) in [5, 5.41) is 7.19. The molecule has 27 heavy (non-hydrogen) atoms. The van der Waals surface area contributed by atoms with E-state index in [0.717, 1.165) is 63.4 Å². The number of hydrogen-bond donors (Lipinski definition) is 1. The number of morpholine rings is 1. The summed E-state index contributed by atoms with van der Waals surface area (Å²) in [4.78, 5) is 16.4. The molecule has 0 bridgehead atoms. The minimum atomic E-state index is 0.457. The average molecular weight is 371 g/mol. The minimum Gasteiger partial charge on any atom is -0.378 e. The van der Waals surface area contributed by atoms with Gasteiger partial charge in [-0.25, -0.2) is 4.98 Å². The van der Waals surface area contributed by atoms with E-state index in [1.54, 1.807) is 0 Å². The Balaban J connectivity index is 1.42. The van der Waals surface area contributed by atoms with Gasteiger partial charge in [0.05, 0.1) is 19.4 Å². The van der Waals surface area contributed by atoms with Crippen molar-refractivity contribution >= 4 is 11.8 Å². The molecule has 4 heterocycles. The maximum absolute atomic E-state index is 5.44. The topological polar surface area (TPSA) is 73.4 Å². The fraction of sp³-hybridized carbons (Fsp3) is 0.632. The minimum absolute atomic E-state index is 0.457. The third kappa shape index (κ3) is 4.22. The van der Waals surface area contributed by atoms with Crippen LogP contribution in [0.2, 0.25) is 0 Å². The molecule has 1 atom stereocenters. The quantitative estimate of drug-likeness (QED) is 0.853. The molecule has 0 radical (unpaired) electrons. The normalized spacial score (nSPS) is 21.4. The second kappa shape index (κ2) is 8.22. The van der Waals surface area contributed by atoms with Crippen LogP contribution < -0.4 is 9.80 Å². The number of hydrogen-bond acceptors (Lipinski definition) is 7. The van der Waals surface area contributed by atoms with Gasteiger partial charge in [-0.2, -0.15) is 10.1 Å². The fourth-order valence-electron chi connectivity index (χ4n) is 3.91. The molecule has 0 aromatic carbocycles. The van der Waals surface area contributed by atoms with Crippen LogP contribution in [0.15, 0.2) is 18.5 Å². The van der Waals surface area contributed by atoms with Crippen LogP contribution in [0.25, 0.3) is 0 Å². The maximum Gasteiger partial charge on any atom is 0.227 e. The number of aromatic amines is 1. The van der Waals surface area contributed by atoms with Crippen LogP contribution in [0.1, 0.15) is 24.1 Å². The maximum atomic E-state index is 5.44. The van der Waals surface area contributed by atoms with Crippen molar-refractivity contribution in [2.75, 3.05) is 56.2 Å². The Hall–Kier alpha value is -2.19. The van der Waals surface area contributed by atoms with E-state index in [1.165, 1.54) is 18.4 Å². The molecule has 2 saturated heterocycles. The Morgan fingerprint density at radius 1 is 1.30 bits per heavy atom. The highest BCUT2D eigenvalue weighted by Crippen LogP contribution is 2.23. The van der Waals surface area contributed by atoms with E-state index < -0.39 is 0 Å². The van der Waals surface area contributed by atoms with E-state index in [0.29, 0.717) is 6.04 Å². The Morgan fingerprint density at radius 3 is 2.93 bits per heavy atom. The molecule has 1 unspecified atom stereocenters. The van der Waals surface area contributed by atoms with Crippen molar-refractivity contribution in [3.8, 4) is 0 Å².